The molecule has 1 amide bonds. The van der Waals surface area contributed by atoms with Crippen LogP contribution < -0.4 is 10.1 Å². The lowest BCUT2D eigenvalue weighted by Crippen LogP contribution is -2.45. The summed E-state index contributed by atoms with van der Waals surface area (Å²) in [6, 6.07) is 2.64. The first-order valence-electron chi connectivity index (χ1n) is 4.71. The maximum atomic E-state index is 13.1. The third kappa shape index (κ3) is 1.56. The molecular formula is C11H12FNO2. The van der Waals surface area contributed by atoms with E-state index in [9.17, 15) is 9.18 Å². The second-order valence-electron chi connectivity index (χ2n) is 4.17. The Balaban J connectivity index is 2.55. The Morgan fingerprint density at radius 3 is 2.73 bits per heavy atom. The summed E-state index contributed by atoms with van der Waals surface area (Å²) >= 11 is 0. The first kappa shape index (κ1) is 9.96. The molecule has 0 unspecified atom stereocenters. The Morgan fingerprint density at radius 1 is 1.40 bits per heavy atom. The fourth-order valence-electron chi connectivity index (χ4n) is 1.53. The second kappa shape index (κ2) is 2.95. The minimum absolute atomic E-state index is 0.264. The standard InChI is InChI=1S/C11H12FNO2/c1-6-4-7(12)5-8-9(6)15-11(2,3)10(14)13-8/h4-5H,1-3H3,(H,13,14). The highest BCUT2D eigenvalue weighted by molar-refractivity contribution is 6.00. The first-order valence-corrected chi connectivity index (χ1v) is 4.71. The molecule has 1 aromatic carbocycles. The monoisotopic (exact) mass is 209 g/mol. The van der Waals surface area contributed by atoms with Gasteiger partial charge in [-0.25, -0.2) is 4.39 Å². The molecule has 0 radical (unpaired) electrons. The van der Waals surface area contributed by atoms with Gasteiger partial charge in [-0.1, -0.05) is 0 Å². The quantitative estimate of drug-likeness (QED) is 0.711. The summed E-state index contributed by atoms with van der Waals surface area (Å²) in [5.41, 5.74) is 0.171. The van der Waals surface area contributed by atoms with Crippen LogP contribution in [0.3, 0.4) is 0 Å². The van der Waals surface area contributed by atoms with Gasteiger partial charge in [0.25, 0.3) is 5.91 Å². The van der Waals surface area contributed by atoms with E-state index in [-0.39, 0.29) is 11.7 Å². The summed E-state index contributed by atoms with van der Waals surface area (Å²) < 4.78 is 18.6. The van der Waals surface area contributed by atoms with E-state index in [1.165, 1.54) is 12.1 Å². The largest absolute Gasteiger partial charge is 0.476 e. The number of hydrogen-bond acceptors (Lipinski definition) is 2. The van der Waals surface area contributed by atoms with Crippen LogP contribution in [0, 0.1) is 12.7 Å². The number of halogens is 1. The van der Waals surface area contributed by atoms with Crippen LogP contribution in [0.15, 0.2) is 12.1 Å². The van der Waals surface area contributed by atoms with E-state index in [4.69, 9.17) is 4.74 Å². The van der Waals surface area contributed by atoms with Gasteiger partial charge in [0, 0.05) is 6.07 Å². The van der Waals surface area contributed by atoms with Crippen molar-refractivity contribution >= 4 is 11.6 Å². The minimum atomic E-state index is -0.907. The molecule has 1 aromatic rings. The van der Waals surface area contributed by atoms with Gasteiger partial charge in [-0.05, 0) is 32.4 Å². The normalized spacial score (nSPS) is 17.7. The molecule has 0 bridgehead atoms. The summed E-state index contributed by atoms with van der Waals surface area (Å²) in [5.74, 6) is -0.101. The molecule has 2 rings (SSSR count). The number of aryl methyl sites for hydroxylation is 1. The van der Waals surface area contributed by atoms with Gasteiger partial charge in [0.15, 0.2) is 5.60 Å². The first-order chi connectivity index (χ1) is 6.90. The number of benzene rings is 1. The van der Waals surface area contributed by atoms with E-state index in [2.05, 4.69) is 5.32 Å². The Hall–Kier alpha value is -1.58. The van der Waals surface area contributed by atoms with Crippen LogP contribution in [0.2, 0.25) is 0 Å². The van der Waals surface area contributed by atoms with Crippen molar-refractivity contribution < 1.29 is 13.9 Å². The van der Waals surface area contributed by atoms with Gasteiger partial charge in [0.05, 0.1) is 5.69 Å². The molecule has 4 heteroatoms. The van der Waals surface area contributed by atoms with Crippen molar-refractivity contribution in [3.8, 4) is 5.75 Å². The number of anilines is 1. The van der Waals surface area contributed by atoms with Crippen molar-refractivity contribution in [2.24, 2.45) is 0 Å². The SMILES string of the molecule is Cc1cc(F)cc2c1OC(C)(C)C(=O)N2. The van der Waals surface area contributed by atoms with Crippen molar-refractivity contribution in [1.82, 2.24) is 0 Å². The third-order valence-electron chi connectivity index (χ3n) is 2.39. The van der Waals surface area contributed by atoms with E-state index < -0.39 is 5.60 Å². The van der Waals surface area contributed by atoms with Crippen LogP contribution in [-0.4, -0.2) is 11.5 Å². The fourth-order valence-corrected chi connectivity index (χ4v) is 1.53. The average Bonchev–Trinajstić information content (AvgIpc) is 2.09. The summed E-state index contributed by atoms with van der Waals surface area (Å²) in [7, 11) is 0. The number of ether oxygens (including phenoxy) is 1. The van der Waals surface area contributed by atoms with E-state index in [1.54, 1.807) is 20.8 Å². The zero-order valence-electron chi connectivity index (χ0n) is 8.85. The van der Waals surface area contributed by atoms with Crippen molar-refractivity contribution in [2.75, 3.05) is 5.32 Å². The fraction of sp³-hybridized carbons (Fsp3) is 0.364. The molecular weight excluding hydrogens is 197 g/mol. The molecule has 0 spiro atoms. The Labute approximate surface area is 87.2 Å². The molecule has 15 heavy (non-hydrogen) atoms. The molecule has 0 aliphatic carbocycles. The molecule has 0 aromatic heterocycles. The Kier molecular flexibility index (Phi) is 1.96. The van der Waals surface area contributed by atoms with Gasteiger partial charge < -0.3 is 10.1 Å². The lowest BCUT2D eigenvalue weighted by molar-refractivity contribution is -0.129. The zero-order chi connectivity index (χ0) is 11.2. The maximum Gasteiger partial charge on any atom is 0.268 e. The number of hydrogen-bond donors (Lipinski definition) is 1. The van der Waals surface area contributed by atoms with Crippen molar-refractivity contribution in [2.45, 2.75) is 26.4 Å². The topological polar surface area (TPSA) is 38.3 Å². The van der Waals surface area contributed by atoms with Gasteiger partial charge in [-0.3, -0.25) is 4.79 Å². The zero-order valence-corrected chi connectivity index (χ0v) is 8.85. The van der Waals surface area contributed by atoms with Crippen molar-refractivity contribution in [1.29, 1.82) is 0 Å². The van der Waals surface area contributed by atoms with Crippen LogP contribution in [0.1, 0.15) is 19.4 Å². The Morgan fingerprint density at radius 2 is 2.07 bits per heavy atom. The highest BCUT2D eigenvalue weighted by atomic mass is 19.1. The summed E-state index contributed by atoms with van der Waals surface area (Å²) in [6.07, 6.45) is 0. The van der Waals surface area contributed by atoms with E-state index in [1.807, 2.05) is 0 Å². The number of nitrogens with one attached hydrogen (secondary N) is 1. The van der Waals surface area contributed by atoms with Crippen molar-refractivity contribution in [3.05, 3.63) is 23.5 Å². The molecule has 80 valence electrons. The molecule has 0 saturated carbocycles. The van der Waals surface area contributed by atoms with Crippen LogP contribution in [0.5, 0.6) is 5.75 Å². The van der Waals surface area contributed by atoms with Crippen LogP contribution in [0.4, 0.5) is 10.1 Å². The van der Waals surface area contributed by atoms with Crippen LogP contribution in [-0.2, 0) is 4.79 Å². The van der Waals surface area contributed by atoms with E-state index in [0.717, 1.165) is 0 Å². The number of rotatable bonds is 0. The molecule has 0 atom stereocenters. The van der Waals surface area contributed by atoms with Crippen LogP contribution in [0.25, 0.3) is 0 Å². The second-order valence-corrected chi connectivity index (χ2v) is 4.17. The molecule has 1 aliphatic rings. The predicted octanol–water partition coefficient (Wildman–Crippen LogP) is 2.24. The van der Waals surface area contributed by atoms with Crippen molar-refractivity contribution in [3.63, 3.8) is 0 Å². The highest BCUT2D eigenvalue weighted by Crippen LogP contribution is 2.36. The lowest BCUT2D eigenvalue weighted by atomic mass is 10.0. The summed E-state index contributed by atoms with van der Waals surface area (Å²) in [5, 5.41) is 2.63. The number of fused-ring (bicyclic) bond motifs is 1. The average molecular weight is 209 g/mol. The van der Waals surface area contributed by atoms with Gasteiger partial charge >= 0.3 is 0 Å². The highest BCUT2D eigenvalue weighted by Gasteiger charge is 2.36. The number of carbonyl (C=O) groups excluding carboxylic acids is 1. The predicted molar refractivity (Wildman–Crippen MR) is 54.5 cm³/mol. The third-order valence-corrected chi connectivity index (χ3v) is 2.39. The van der Waals surface area contributed by atoms with E-state index >= 15 is 0 Å². The lowest BCUT2D eigenvalue weighted by Gasteiger charge is -2.32. The number of amides is 1. The minimum Gasteiger partial charge on any atom is -0.476 e. The van der Waals surface area contributed by atoms with E-state index in [0.29, 0.717) is 17.0 Å². The van der Waals surface area contributed by atoms with Crippen LogP contribution >= 0.6 is 0 Å². The van der Waals surface area contributed by atoms with Gasteiger partial charge in [0.2, 0.25) is 0 Å². The summed E-state index contributed by atoms with van der Waals surface area (Å²) in [6.45, 7) is 5.09. The molecule has 3 nitrogen and oxygen atoms in total. The molecule has 1 heterocycles. The Bertz CT molecular complexity index is 440. The van der Waals surface area contributed by atoms with Gasteiger partial charge in [0.1, 0.15) is 11.6 Å². The van der Waals surface area contributed by atoms with Gasteiger partial charge in [-0.2, -0.15) is 0 Å². The molecule has 0 saturated heterocycles. The molecule has 1 N–H and O–H groups in total. The summed E-state index contributed by atoms with van der Waals surface area (Å²) in [4.78, 5) is 11.5. The van der Waals surface area contributed by atoms with Gasteiger partial charge in [-0.15, -0.1) is 0 Å². The smallest absolute Gasteiger partial charge is 0.268 e. The molecule has 0 fully saturated rings. The number of carbonyl (C=O) groups is 1. The molecule has 1 aliphatic heterocycles. The maximum absolute atomic E-state index is 13.1.